The molecule has 3 N–H and O–H groups in total. The fraction of sp³-hybridized carbons (Fsp3) is 0. The van der Waals surface area contributed by atoms with E-state index in [-0.39, 0.29) is 11.7 Å². The summed E-state index contributed by atoms with van der Waals surface area (Å²) in [5.74, 6) is -0.383. The number of hydrogen-bond acceptors (Lipinski definition) is 3. The number of nitrogens with one attached hydrogen (secondary N) is 1. The number of nitrogen functional groups attached to an aromatic ring is 1. The quantitative estimate of drug-likeness (QED) is 0.831. The highest BCUT2D eigenvalue weighted by atomic mass is 19.1. The van der Waals surface area contributed by atoms with Crippen molar-refractivity contribution in [2.45, 2.75) is 0 Å². The molecule has 86 valence electrons. The van der Waals surface area contributed by atoms with E-state index in [0.717, 1.165) is 0 Å². The SMILES string of the molecule is Nc1ccnc(NC(=O)c2ccc(F)cc2)c1. The molecule has 0 bridgehead atoms. The lowest BCUT2D eigenvalue weighted by molar-refractivity contribution is 0.102. The third-order valence-corrected chi connectivity index (χ3v) is 2.13. The Morgan fingerprint density at radius 1 is 1.24 bits per heavy atom. The second kappa shape index (κ2) is 4.61. The van der Waals surface area contributed by atoms with Crippen LogP contribution in [0, 0.1) is 5.82 Å². The first-order chi connectivity index (χ1) is 8.15. The van der Waals surface area contributed by atoms with Gasteiger partial charge in [-0.05, 0) is 30.3 Å². The minimum Gasteiger partial charge on any atom is -0.399 e. The van der Waals surface area contributed by atoms with Gasteiger partial charge in [0, 0.05) is 23.5 Å². The lowest BCUT2D eigenvalue weighted by Crippen LogP contribution is -2.13. The van der Waals surface area contributed by atoms with Crippen LogP contribution in [0.3, 0.4) is 0 Å². The summed E-state index contributed by atoms with van der Waals surface area (Å²) in [6.45, 7) is 0. The molecule has 0 radical (unpaired) electrons. The van der Waals surface area contributed by atoms with Gasteiger partial charge in [-0.3, -0.25) is 4.79 Å². The third kappa shape index (κ3) is 2.78. The maximum absolute atomic E-state index is 12.7. The Morgan fingerprint density at radius 3 is 2.59 bits per heavy atom. The number of carbonyl (C=O) groups is 1. The van der Waals surface area contributed by atoms with Gasteiger partial charge in [-0.15, -0.1) is 0 Å². The topological polar surface area (TPSA) is 68.0 Å². The van der Waals surface area contributed by atoms with E-state index < -0.39 is 0 Å². The summed E-state index contributed by atoms with van der Waals surface area (Å²) in [6.07, 6.45) is 1.50. The van der Waals surface area contributed by atoms with Crippen LogP contribution in [0.2, 0.25) is 0 Å². The monoisotopic (exact) mass is 231 g/mol. The number of nitrogens with two attached hydrogens (primary N) is 1. The molecular formula is C12H10FN3O. The molecule has 0 fully saturated rings. The van der Waals surface area contributed by atoms with E-state index in [4.69, 9.17) is 5.73 Å². The van der Waals surface area contributed by atoms with Crippen molar-refractivity contribution in [3.63, 3.8) is 0 Å². The number of nitrogens with zero attached hydrogens (tertiary/aromatic N) is 1. The van der Waals surface area contributed by atoms with Crippen LogP contribution in [-0.4, -0.2) is 10.9 Å². The number of rotatable bonds is 2. The molecule has 0 spiro atoms. The Labute approximate surface area is 97.3 Å². The lowest BCUT2D eigenvalue weighted by atomic mass is 10.2. The maximum atomic E-state index is 12.7. The second-order valence-corrected chi connectivity index (χ2v) is 3.44. The summed E-state index contributed by atoms with van der Waals surface area (Å²) < 4.78 is 12.7. The van der Waals surface area contributed by atoms with Crippen molar-refractivity contribution in [2.24, 2.45) is 0 Å². The Hall–Kier alpha value is -2.43. The number of anilines is 2. The smallest absolute Gasteiger partial charge is 0.256 e. The predicted octanol–water partition coefficient (Wildman–Crippen LogP) is 2.06. The molecule has 0 aliphatic heterocycles. The Bertz CT molecular complexity index is 540. The van der Waals surface area contributed by atoms with E-state index in [9.17, 15) is 9.18 Å². The zero-order chi connectivity index (χ0) is 12.3. The van der Waals surface area contributed by atoms with Crippen LogP contribution in [-0.2, 0) is 0 Å². The zero-order valence-corrected chi connectivity index (χ0v) is 8.85. The molecule has 4 nitrogen and oxygen atoms in total. The van der Waals surface area contributed by atoms with Gasteiger partial charge in [-0.25, -0.2) is 9.37 Å². The number of hydrogen-bond donors (Lipinski definition) is 2. The first-order valence-electron chi connectivity index (χ1n) is 4.93. The van der Waals surface area contributed by atoms with Crippen molar-refractivity contribution < 1.29 is 9.18 Å². The zero-order valence-electron chi connectivity index (χ0n) is 8.85. The lowest BCUT2D eigenvalue weighted by Gasteiger charge is -2.04. The summed E-state index contributed by atoms with van der Waals surface area (Å²) in [6, 6.07) is 8.41. The van der Waals surface area contributed by atoms with E-state index in [1.165, 1.54) is 30.5 Å². The highest BCUT2D eigenvalue weighted by Crippen LogP contribution is 2.10. The van der Waals surface area contributed by atoms with Gasteiger partial charge in [0.1, 0.15) is 11.6 Å². The van der Waals surface area contributed by atoms with Crippen LogP contribution in [0.1, 0.15) is 10.4 Å². The Morgan fingerprint density at radius 2 is 1.94 bits per heavy atom. The summed E-state index contributed by atoms with van der Waals surface area (Å²) in [4.78, 5) is 15.7. The minimum absolute atomic E-state index is 0.357. The molecule has 1 aromatic carbocycles. The third-order valence-electron chi connectivity index (χ3n) is 2.13. The second-order valence-electron chi connectivity index (χ2n) is 3.44. The first kappa shape index (κ1) is 11.1. The van der Waals surface area contributed by atoms with E-state index >= 15 is 0 Å². The van der Waals surface area contributed by atoms with Gasteiger partial charge in [0.2, 0.25) is 0 Å². The van der Waals surface area contributed by atoms with Gasteiger partial charge >= 0.3 is 0 Å². The molecular weight excluding hydrogens is 221 g/mol. The molecule has 1 aromatic heterocycles. The number of halogens is 1. The highest BCUT2D eigenvalue weighted by Gasteiger charge is 2.06. The van der Waals surface area contributed by atoms with E-state index in [2.05, 4.69) is 10.3 Å². The van der Waals surface area contributed by atoms with E-state index in [0.29, 0.717) is 17.1 Å². The van der Waals surface area contributed by atoms with Crippen molar-refractivity contribution >= 4 is 17.4 Å². The van der Waals surface area contributed by atoms with Gasteiger partial charge in [0.25, 0.3) is 5.91 Å². The summed E-state index contributed by atoms with van der Waals surface area (Å²) >= 11 is 0. The molecule has 0 atom stereocenters. The average molecular weight is 231 g/mol. The Kier molecular flexibility index (Phi) is 3.00. The number of pyridine rings is 1. The van der Waals surface area contributed by atoms with Crippen LogP contribution in [0.25, 0.3) is 0 Å². The molecule has 0 saturated heterocycles. The van der Waals surface area contributed by atoms with Gasteiger partial charge in [0.15, 0.2) is 0 Å². The van der Waals surface area contributed by atoms with Crippen molar-refractivity contribution in [2.75, 3.05) is 11.1 Å². The highest BCUT2D eigenvalue weighted by molar-refractivity contribution is 6.03. The van der Waals surface area contributed by atoms with Gasteiger partial charge in [0.05, 0.1) is 0 Å². The van der Waals surface area contributed by atoms with Crippen LogP contribution >= 0.6 is 0 Å². The normalized spacial score (nSPS) is 9.94. The summed E-state index contributed by atoms with van der Waals surface area (Å²) in [7, 11) is 0. The number of benzene rings is 1. The van der Waals surface area contributed by atoms with Crippen LogP contribution in [0.15, 0.2) is 42.6 Å². The van der Waals surface area contributed by atoms with Crippen molar-refractivity contribution in [1.29, 1.82) is 0 Å². The molecule has 17 heavy (non-hydrogen) atoms. The molecule has 1 heterocycles. The van der Waals surface area contributed by atoms with Crippen LogP contribution < -0.4 is 11.1 Å². The largest absolute Gasteiger partial charge is 0.399 e. The van der Waals surface area contributed by atoms with Crippen molar-refractivity contribution in [1.82, 2.24) is 4.98 Å². The van der Waals surface area contributed by atoms with Crippen LogP contribution in [0.4, 0.5) is 15.9 Å². The summed E-state index contributed by atoms with van der Waals surface area (Å²) in [5, 5.41) is 2.57. The molecule has 2 aromatic rings. The van der Waals surface area contributed by atoms with Crippen molar-refractivity contribution in [3.05, 3.63) is 54.0 Å². The molecule has 0 aliphatic carbocycles. The molecule has 0 saturated carbocycles. The number of carbonyl (C=O) groups excluding carboxylic acids is 1. The average Bonchev–Trinajstić information content (AvgIpc) is 2.29. The standard InChI is InChI=1S/C12H10FN3O/c13-9-3-1-8(2-4-9)12(17)16-11-7-10(14)5-6-15-11/h1-7H,(H3,14,15,16,17). The van der Waals surface area contributed by atoms with Gasteiger partial charge in [-0.2, -0.15) is 0 Å². The predicted molar refractivity (Wildman–Crippen MR) is 63.0 cm³/mol. The molecule has 0 unspecified atom stereocenters. The molecule has 2 rings (SSSR count). The fourth-order valence-corrected chi connectivity index (χ4v) is 1.30. The first-order valence-corrected chi connectivity index (χ1v) is 4.93. The van der Waals surface area contributed by atoms with Gasteiger partial charge in [-0.1, -0.05) is 0 Å². The van der Waals surface area contributed by atoms with Crippen molar-refractivity contribution in [3.8, 4) is 0 Å². The Balaban J connectivity index is 2.14. The maximum Gasteiger partial charge on any atom is 0.256 e. The van der Waals surface area contributed by atoms with E-state index in [1.54, 1.807) is 12.1 Å². The molecule has 0 aliphatic rings. The molecule has 1 amide bonds. The number of amides is 1. The number of aromatic nitrogens is 1. The molecule has 5 heteroatoms. The summed E-state index contributed by atoms with van der Waals surface area (Å²) in [5.41, 5.74) is 6.42. The fourth-order valence-electron chi connectivity index (χ4n) is 1.30. The minimum atomic E-state index is -0.386. The van der Waals surface area contributed by atoms with E-state index in [1.807, 2.05) is 0 Å². The van der Waals surface area contributed by atoms with Gasteiger partial charge < -0.3 is 11.1 Å². The van der Waals surface area contributed by atoms with Crippen LogP contribution in [0.5, 0.6) is 0 Å².